The van der Waals surface area contributed by atoms with E-state index in [-0.39, 0.29) is 0 Å². The molecule has 0 radical (unpaired) electrons. The van der Waals surface area contributed by atoms with Crippen molar-refractivity contribution < 1.29 is 10.2 Å². The van der Waals surface area contributed by atoms with Gasteiger partial charge in [-0.1, -0.05) is 133 Å². The van der Waals surface area contributed by atoms with Crippen LogP contribution in [0.2, 0.25) is 0 Å². The molecule has 198 valence electrons. The second-order valence-corrected chi connectivity index (χ2v) is 10.9. The zero-order valence-corrected chi connectivity index (χ0v) is 22.7. The highest BCUT2D eigenvalue weighted by atomic mass is 16.3. The predicted molar refractivity (Wildman–Crippen MR) is 166 cm³/mol. The Morgan fingerprint density at radius 1 is 0.415 bits per heavy atom. The Balaban J connectivity index is 1.49. The van der Waals surface area contributed by atoms with Gasteiger partial charge in [0.2, 0.25) is 0 Å². The normalized spacial score (nSPS) is 13.0. The van der Waals surface area contributed by atoms with Crippen LogP contribution in [0.15, 0.2) is 146 Å². The van der Waals surface area contributed by atoms with Gasteiger partial charge < -0.3 is 10.2 Å². The summed E-state index contributed by atoms with van der Waals surface area (Å²) in [6, 6.07) is 49.9. The number of hydrogen-bond donors (Lipinski definition) is 2. The SMILES string of the molecule is Oc1ccc(C2(c3ccc(O)c(Cc4ccccc4)c3)c3ccccc3-c3ccccc32)cc1Cc1ccccc1. The fraction of sp³-hybridized carbons (Fsp3) is 0.0769. The van der Waals surface area contributed by atoms with Gasteiger partial charge in [0.1, 0.15) is 11.5 Å². The summed E-state index contributed by atoms with van der Waals surface area (Å²) in [6.45, 7) is 0. The minimum absolute atomic E-state index is 0.294. The van der Waals surface area contributed by atoms with Crippen LogP contribution in [-0.4, -0.2) is 10.2 Å². The van der Waals surface area contributed by atoms with Crippen molar-refractivity contribution in [2.75, 3.05) is 0 Å². The molecule has 41 heavy (non-hydrogen) atoms. The van der Waals surface area contributed by atoms with E-state index < -0.39 is 5.41 Å². The molecule has 7 rings (SSSR count). The largest absolute Gasteiger partial charge is 0.508 e. The van der Waals surface area contributed by atoms with Gasteiger partial charge in [-0.05, 0) is 67.8 Å². The van der Waals surface area contributed by atoms with E-state index in [1.165, 1.54) is 22.3 Å². The lowest BCUT2D eigenvalue weighted by molar-refractivity contribution is 0.468. The first-order valence-electron chi connectivity index (χ1n) is 14.1. The Morgan fingerprint density at radius 2 is 0.805 bits per heavy atom. The molecule has 2 heteroatoms. The Morgan fingerprint density at radius 3 is 1.24 bits per heavy atom. The molecule has 0 heterocycles. The number of aromatic hydroxyl groups is 2. The van der Waals surface area contributed by atoms with Crippen molar-refractivity contribution in [1.29, 1.82) is 0 Å². The summed E-state index contributed by atoms with van der Waals surface area (Å²) in [5, 5.41) is 22.0. The maximum Gasteiger partial charge on any atom is 0.119 e. The summed E-state index contributed by atoms with van der Waals surface area (Å²) < 4.78 is 0. The highest BCUT2D eigenvalue weighted by Gasteiger charge is 2.46. The molecule has 0 unspecified atom stereocenters. The van der Waals surface area contributed by atoms with Gasteiger partial charge in [-0.15, -0.1) is 0 Å². The summed E-state index contributed by atoms with van der Waals surface area (Å²) in [5.41, 5.74) is 10.5. The van der Waals surface area contributed by atoms with Crippen LogP contribution in [0, 0.1) is 0 Å². The molecule has 0 bridgehead atoms. The van der Waals surface area contributed by atoms with Crippen LogP contribution in [0.5, 0.6) is 11.5 Å². The summed E-state index contributed by atoms with van der Waals surface area (Å²) in [5.74, 6) is 0.589. The van der Waals surface area contributed by atoms with Gasteiger partial charge in [-0.25, -0.2) is 0 Å². The molecule has 1 aliphatic rings. The van der Waals surface area contributed by atoms with Gasteiger partial charge in [0, 0.05) is 12.8 Å². The van der Waals surface area contributed by atoms with Crippen LogP contribution in [-0.2, 0) is 18.3 Å². The smallest absolute Gasteiger partial charge is 0.119 e. The first-order chi connectivity index (χ1) is 20.1. The highest BCUT2D eigenvalue weighted by molar-refractivity contribution is 5.86. The molecule has 0 aliphatic heterocycles. The fourth-order valence-electron chi connectivity index (χ4n) is 6.58. The Bertz CT molecular complexity index is 1720. The van der Waals surface area contributed by atoms with Crippen LogP contribution < -0.4 is 0 Å². The van der Waals surface area contributed by atoms with Gasteiger partial charge in [0.05, 0.1) is 5.41 Å². The fourth-order valence-corrected chi connectivity index (χ4v) is 6.58. The summed E-state index contributed by atoms with van der Waals surface area (Å²) in [7, 11) is 0. The highest BCUT2D eigenvalue weighted by Crippen LogP contribution is 2.56. The minimum Gasteiger partial charge on any atom is -0.508 e. The quantitative estimate of drug-likeness (QED) is 0.226. The number of hydrogen-bond acceptors (Lipinski definition) is 2. The third kappa shape index (κ3) is 4.20. The molecule has 6 aromatic rings. The summed E-state index contributed by atoms with van der Waals surface area (Å²) in [4.78, 5) is 0. The summed E-state index contributed by atoms with van der Waals surface area (Å²) >= 11 is 0. The lowest BCUT2D eigenvalue weighted by Gasteiger charge is -2.34. The van der Waals surface area contributed by atoms with Crippen molar-refractivity contribution in [2.24, 2.45) is 0 Å². The maximum atomic E-state index is 11.0. The van der Waals surface area contributed by atoms with Gasteiger partial charge in [-0.2, -0.15) is 0 Å². The monoisotopic (exact) mass is 530 g/mol. The van der Waals surface area contributed by atoms with Crippen molar-refractivity contribution in [3.05, 3.63) is 190 Å². The molecule has 0 fully saturated rings. The van der Waals surface area contributed by atoms with Crippen LogP contribution in [0.3, 0.4) is 0 Å². The molecule has 0 spiro atoms. The molecule has 1 aliphatic carbocycles. The Hall–Kier alpha value is -5.08. The van der Waals surface area contributed by atoms with E-state index in [2.05, 4.69) is 97.1 Å². The zero-order valence-electron chi connectivity index (χ0n) is 22.7. The maximum absolute atomic E-state index is 11.0. The molecular formula is C39H30O2. The molecule has 0 amide bonds. The predicted octanol–water partition coefficient (Wildman–Crippen LogP) is 8.64. The third-order valence-corrected chi connectivity index (χ3v) is 8.45. The van der Waals surface area contributed by atoms with Gasteiger partial charge in [0.15, 0.2) is 0 Å². The van der Waals surface area contributed by atoms with E-state index in [1.54, 1.807) is 0 Å². The number of phenols is 2. The number of fused-ring (bicyclic) bond motifs is 3. The molecule has 0 aromatic heterocycles. The van der Waals surface area contributed by atoms with Crippen molar-refractivity contribution in [1.82, 2.24) is 0 Å². The first-order valence-corrected chi connectivity index (χ1v) is 14.1. The van der Waals surface area contributed by atoms with E-state index in [9.17, 15) is 10.2 Å². The molecule has 0 atom stereocenters. The van der Waals surface area contributed by atoms with E-state index in [0.717, 1.165) is 33.4 Å². The molecule has 6 aromatic carbocycles. The zero-order chi connectivity index (χ0) is 27.8. The third-order valence-electron chi connectivity index (χ3n) is 8.45. The van der Waals surface area contributed by atoms with Crippen LogP contribution in [0.4, 0.5) is 0 Å². The molecule has 2 nitrogen and oxygen atoms in total. The molecule has 2 N–H and O–H groups in total. The van der Waals surface area contributed by atoms with E-state index in [0.29, 0.717) is 24.3 Å². The lowest BCUT2D eigenvalue weighted by Crippen LogP contribution is -2.29. The van der Waals surface area contributed by atoms with Crippen molar-refractivity contribution in [3.63, 3.8) is 0 Å². The average molecular weight is 531 g/mol. The van der Waals surface area contributed by atoms with Crippen LogP contribution in [0.25, 0.3) is 11.1 Å². The van der Waals surface area contributed by atoms with Crippen molar-refractivity contribution >= 4 is 0 Å². The van der Waals surface area contributed by atoms with E-state index >= 15 is 0 Å². The van der Waals surface area contributed by atoms with E-state index in [4.69, 9.17) is 0 Å². The number of benzene rings is 6. The second kappa shape index (κ2) is 10.1. The van der Waals surface area contributed by atoms with Gasteiger partial charge in [0.25, 0.3) is 0 Å². The minimum atomic E-state index is -0.620. The lowest BCUT2D eigenvalue weighted by atomic mass is 9.67. The molecule has 0 saturated heterocycles. The van der Waals surface area contributed by atoms with Crippen molar-refractivity contribution in [2.45, 2.75) is 18.3 Å². The van der Waals surface area contributed by atoms with Crippen LogP contribution >= 0.6 is 0 Å². The first kappa shape index (κ1) is 24.9. The standard InChI is InChI=1S/C39H30O2/c40-37-21-19-31(25-29(37)23-27-11-3-1-4-12-27)39(35-17-9-7-15-33(35)34-16-8-10-18-36(34)39)32-20-22-38(41)30(26-32)24-28-13-5-2-6-14-28/h1-22,25-26,40-41H,23-24H2. The van der Waals surface area contributed by atoms with Gasteiger partial charge in [-0.3, -0.25) is 0 Å². The van der Waals surface area contributed by atoms with Crippen LogP contribution in [0.1, 0.15) is 44.5 Å². The Kier molecular flexibility index (Phi) is 6.17. The summed E-state index contributed by atoms with van der Waals surface area (Å²) in [6.07, 6.45) is 1.27. The number of phenolic OH excluding ortho intramolecular Hbond substituents is 2. The topological polar surface area (TPSA) is 40.5 Å². The average Bonchev–Trinajstić information content (AvgIpc) is 3.32. The number of rotatable bonds is 6. The molecule has 0 saturated carbocycles. The van der Waals surface area contributed by atoms with Crippen molar-refractivity contribution in [3.8, 4) is 22.6 Å². The second-order valence-electron chi connectivity index (χ2n) is 10.9. The molecular weight excluding hydrogens is 500 g/mol. The Labute approximate surface area is 240 Å². The van der Waals surface area contributed by atoms with E-state index in [1.807, 2.05) is 48.5 Å². The van der Waals surface area contributed by atoms with Gasteiger partial charge >= 0.3 is 0 Å².